The van der Waals surface area contributed by atoms with Gasteiger partial charge in [0.1, 0.15) is 5.76 Å². The lowest BCUT2D eigenvalue weighted by molar-refractivity contribution is 0.0932. The summed E-state index contributed by atoms with van der Waals surface area (Å²) in [6.45, 7) is 1.76. The van der Waals surface area contributed by atoms with Gasteiger partial charge >= 0.3 is 0 Å². The summed E-state index contributed by atoms with van der Waals surface area (Å²) in [4.78, 5) is 12.0. The highest BCUT2D eigenvalue weighted by Gasteiger charge is 2.16. The summed E-state index contributed by atoms with van der Waals surface area (Å²) in [5, 5.41) is 7.33. The number of nitrogens with one attached hydrogen (secondary N) is 1. The Morgan fingerprint density at radius 3 is 2.74 bits per heavy atom. The molecule has 2 rings (SSSR count). The van der Waals surface area contributed by atoms with Crippen LogP contribution < -0.4 is 5.32 Å². The smallest absolute Gasteiger partial charge is 0.273 e. The first-order chi connectivity index (χ1) is 9.19. The lowest BCUT2D eigenvalue weighted by Crippen LogP contribution is -2.37. The van der Waals surface area contributed by atoms with E-state index in [4.69, 9.17) is 4.52 Å². The fourth-order valence-electron chi connectivity index (χ4n) is 1.78. The predicted molar refractivity (Wildman–Crippen MR) is 76.4 cm³/mol. The van der Waals surface area contributed by atoms with Crippen molar-refractivity contribution in [2.24, 2.45) is 0 Å². The summed E-state index contributed by atoms with van der Waals surface area (Å²) >= 11 is 3.42. The fourth-order valence-corrected chi connectivity index (χ4v) is 2.17. The number of amides is 1. The molecular weight excluding hydrogens is 308 g/mol. The van der Waals surface area contributed by atoms with Crippen molar-refractivity contribution in [1.82, 2.24) is 10.5 Å². The molecule has 0 radical (unpaired) electrons. The van der Waals surface area contributed by atoms with Gasteiger partial charge in [0, 0.05) is 17.4 Å². The van der Waals surface area contributed by atoms with Crippen LogP contribution in [0.4, 0.5) is 0 Å². The number of carbonyl (C=O) groups is 1. The second-order valence-corrected chi connectivity index (χ2v) is 4.98. The van der Waals surface area contributed by atoms with Crippen molar-refractivity contribution in [3.05, 3.63) is 53.4 Å². The number of nitrogens with zero attached hydrogens (tertiary/aromatic N) is 1. The van der Waals surface area contributed by atoms with Crippen LogP contribution in [0.5, 0.6) is 0 Å². The summed E-state index contributed by atoms with van der Waals surface area (Å²) in [5.74, 6) is 0.417. The van der Waals surface area contributed by atoms with E-state index in [0.29, 0.717) is 16.8 Å². The van der Waals surface area contributed by atoms with Gasteiger partial charge in [-0.3, -0.25) is 4.79 Å². The Morgan fingerprint density at radius 1 is 1.42 bits per heavy atom. The van der Waals surface area contributed by atoms with Crippen molar-refractivity contribution in [3.63, 3.8) is 0 Å². The molecule has 0 fully saturated rings. The number of carbonyl (C=O) groups excluding carboxylic acids is 1. The van der Waals surface area contributed by atoms with Crippen molar-refractivity contribution in [2.75, 3.05) is 5.33 Å². The molecule has 19 heavy (non-hydrogen) atoms. The molecule has 0 aliphatic carbocycles. The van der Waals surface area contributed by atoms with Crippen LogP contribution in [0.1, 0.15) is 21.8 Å². The molecule has 0 saturated heterocycles. The van der Waals surface area contributed by atoms with Gasteiger partial charge in [0.2, 0.25) is 0 Å². The highest BCUT2D eigenvalue weighted by atomic mass is 79.9. The van der Waals surface area contributed by atoms with Gasteiger partial charge in [-0.05, 0) is 18.9 Å². The summed E-state index contributed by atoms with van der Waals surface area (Å²) < 4.78 is 4.90. The van der Waals surface area contributed by atoms with E-state index in [0.717, 1.165) is 6.42 Å². The third-order valence-electron chi connectivity index (χ3n) is 2.71. The van der Waals surface area contributed by atoms with Crippen molar-refractivity contribution < 1.29 is 9.32 Å². The average Bonchev–Trinajstić information content (AvgIpc) is 2.86. The lowest BCUT2D eigenvalue weighted by atomic mass is 10.1. The summed E-state index contributed by atoms with van der Waals surface area (Å²) in [6.07, 6.45) is 0.772. The van der Waals surface area contributed by atoms with E-state index in [1.54, 1.807) is 13.0 Å². The molecule has 4 nitrogen and oxygen atoms in total. The van der Waals surface area contributed by atoms with Crippen LogP contribution in [-0.4, -0.2) is 22.4 Å². The molecule has 1 unspecified atom stereocenters. The molecule has 0 spiro atoms. The van der Waals surface area contributed by atoms with Gasteiger partial charge in [-0.1, -0.05) is 51.4 Å². The minimum Gasteiger partial charge on any atom is -0.361 e. The number of aryl methyl sites for hydroxylation is 1. The maximum Gasteiger partial charge on any atom is 0.273 e. The molecule has 0 aliphatic heterocycles. The number of benzene rings is 1. The molecule has 100 valence electrons. The largest absolute Gasteiger partial charge is 0.361 e. The number of hydrogen-bond acceptors (Lipinski definition) is 3. The van der Waals surface area contributed by atoms with Crippen LogP contribution in [-0.2, 0) is 6.42 Å². The fraction of sp³-hybridized carbons (Fsp3) is 0.286. The van der Waals surface area contributed by atoms with Crippen LogP contribution in [0, 0.1) is 6.92 Å². The second kappa shape index (κ2) is 6.52. The van der Waals surface area contributed by atoms with E-state index < -0.39 is 0 Å². The molecule has 1 N–H and O–H groups in total. The monoisotopic (exact) mass is 322 g/mol. The molecule has 1 atom stereocenters. The molecule has 0 saturated carbocycles. The third kappa shape index (κ3) is 3.92. The van der Waals surface area contributed by atoms with Gasteiger partial charge in [0.15, 0.2) is 5.69 Å². The van der Waals surface area contributed by atoms with Crippen LogP contribution in [0.25, 0.3) is 0 Å². The van der Waals surface area contributed by atoms with E-state index in [2.05, 4.69) is 26.4 Å². The van der Waals surface area contributed by atoms with Crippen molar-refractivity contribution >= 4 is 21.8 Å². The number of aromatic nitrogens is 1. The zero-order valence-corrected chi connectivity index (χ0v) is 12.2. The standard InChI is InChI=1S/C14H15BrN2O2/c1-10-7-13(17-19-10)14(18)16-12(9-15)8-11-5-3-2-4-6-11/h2-7,12H,8-9H2,1H3,(H,16,18). The number of alkyl halides is 1. The minimum atomic E-state index is -0.211. The van der Waals surface area contributed by atoms with E-state index in [1.807, 2.05) is 30.3 Å². The second-order valence-electron chi connectivity index (χ2n) is 4.34. The topological polar surface area (TPSA) is 55.1 Å². The third-order valence-corrected chi connectivity index (χ3v) is 3.49. The number of halogens is 1. The summed E-state index contributed by atoms with van der Waals surface area (Å²) in [5.41, 5.74) is 1.50. The number of hydrogen-bond donors (Lipinski definition) is 1. The maximum atomic E-state index is 12.0. The zero-order chi connectivity index (χ0) is 13.7. The van der Waals surface area contributed by atoms with Gasteiger partial charge in [0.25, 0.3) is 5.91 Å². The Labute approximate surface area is 120 Å². The van der Waals surface area contributed by atoms with E-state index >= 15 is 0 Å². The molecule has 0 bridgehead atoms. The summed E-state index contributed by atoms with van der Waals surface area (Å²) in [6, 6.07) is 11.7. The average molecular weight is 323 g/mol. The van der Waals surface area contributed by atoms with E-state index in [1.165, 1.54) is 5.56 Å². The summed E-state index contributed by atoms with van der Waals surface area (Å²) in [7, 11) is 0. The quantitative estimate of drug-likeness (QED) is 0.861. The molecule has 1 aromatic heterocycles. The van der Waals surface area contributed by atoms with Crippen LogP contribution in [0.2, 0.25) is 0 Å². The van der Waals surface area contributed by atoms with Crippen LogP contribution >= 0.6 is 15.9 Å². The van der Waals surface area contributed by atoms with Crippen molar-refractivity contribution in [3.8, 4) is 0 Å². The molecule has 1 amide bonds. The normalized spacial score (nSPS) is 12.1. The zero-order valence-electron chi connectivity index (χ0n) is 10.6. The van der Waals surface area contributed by atoms with Crippen molar-refractivity contribution in [1.29, 1.82) is 0 Å². The van der Waals surface area contributed by atoms with Gasteiger partial charge in [0.05, 0.1) is 0 Å². The molecule has 2 aromatic rings. The van der Waals surface area contributed by atoms with Crippen molar-refractivity contribution in [2.45, 2.75) is 19.4 Å². The van der Waals surface area contributed by atoms with Crippen LogP contribution in [0.3, 0.4) is 0 Å². The lowest BCUT2D eigenvalue weighted by Gasteiger charge is -2.15. The highest BCUT2D eigenvalue weighted by Crippen LogP contribution is 2.07. The SMILES string of the molecule is Cc1cc(C(=O)NC(CBr)Cc2ccccc2)no1. The first-order valence-corrected chi connectivity index (χ1v) is 7.15. The van der Waals surface area contributed by atoms with Gasteiger partial charge in [-0.25, -0.2) is 0 Å². The van der Waals surface area contributed by atoms with E-state index in [9.17, 15) is 4.79 Å². The maximum absolute atomic E-state index is 12.0. The van der Waals surface area contributed by atoms with Gasteiger partial charge < -0.3 is 9.84 Å². The Kier molecular flexibility index (Phi) is 4.74. The first kappa shape index (κ1) is 13.8. The molecule has 0 aliphatic rings. The van der Waals surface area contributed by atoms with Crippen LogP contribution in [0.15, 0.2) is 40.9 Å². The Morgan fingerprint density at radius 2 is 2.16 bits per heavy atom. The Bertz CT molecular complexity index is 539. The molecule has 1 aromatic carbocycles. The molecule has 5 heteroatoms. The predicted octanol–water partition coefficient (Wildman–Crippen LogP) is 2.72. The molecule has 1 heterocycles. The minimum absolute atomic E-state index is 0.0203. The highest BCUT2D eigenvalue weighted by molar-refractivity contribution is 9.09. The Balaban J connectivity index is 1.97. The number of rotatable bonds is 5. The molecular formula is C14H15BrN2O2. The van der Waals surface area contributed by atoms with Gasteiger partial charge in [-0.15, -0.1) is 0 Å². The first-order valence-electron chi connectivity index (χ1n) is 6.03. The van der Waals surface area contributed by atoms with E-state index in [-0.39, 0.29) is 11.9 Å². The van der Waals surface area contributed by atoms with Gasteiger partial charge in [-0.2, -0.15) is 0 Å². The Hall–Kier alpha value is -1.62.